The van der Waals surface area contributed by atoms with Gasteiger partial charge in [-0.05, 0) is 44.2 Å². The van der Waals surface area contributed by atoms with Crippen molar-refractivity contribution in [2.75, 3.05) is 6.54 Å². The molecule has 1 atom stereocenters. The van der Waals surface area contributed by atoms with Crippen molar-refractivity contribution in [1.29, 1.82) is 0 Å². The minimum Gasteiger partial charge on any atom is -0.435 e. The first-order valence-corrected chi connectivity index (χ1v) is 8.17. The maximum atomic E-state index is 13.0. The average Bonchev–Trinajstić information content (AvgIpc) is 2.55. The molecule has 7 heteroatoms. The number of alkyl halides is 2. The molecule has 1 heterocycles. The number of aromatic nitrogens is 1. The summed E-state index contributed by atoms with van der Waals surface area (Å²) in [5.74, 6) is -0.231. The molecule has 0 aliphatic carbocycles. The van der Waals surface area contributed by atoms with Crippen LogP contribution in [0.4, 0.5) is 8.78 Å². The van der Waals surface area contributed by atoms with Crippen LogP contribution in [-0.2, 0) is 0 Å². The second-order valence-electron chi connectivity index (χ2n) is 5.39. The molecule has 0 amide bonds. The van der Waals surface area contributed by atoms with Crippen molar-refractivity contribution in [2.24, 2.45) is 0 Å². The van der Waals surface area contributed by atoms with Crippen LogP contribution < -0.4 is 14.6 Å². The largest absolute Gasteiger partial charge is 0.435 e. The molecule has 4 nitrogen and oxygen atoms in total. The zero-order valence-corrected chi connectivity index (χ0v) is 14.7. The second-order valence-corrected chi connectivity index (χ2v) is 5.83. The third kappa shape index (κ3) is 5.03. The molecular weight excluding hydrogens is 346 g/mol. The number of ether oxygens (including phenoxy) is 1. The molecular formula is C18H19F2N2O2S+. The summed E-state index contributed by atoms with van der Waals surface area (Å²) in [7, 11) is 0. The van der Waals surface area contributed by atoms with Crippen LogP contribution in [0.15, 0.2) is 48.8 Å². The van der Waals surface area contributed by atoms with E-state index in [0.29, 0.717) is 17.1 Å². The van der Waals surface area contributed by atoms with Gasteiger partial charge in [-0.1, -0.05) is 12.2 Å². The number of rotatable bonds is 7. The number of hydrogen-bond donors (Lipinski definition) is 1. The van der Waals surface area contributed by atoms with E-state index in [-0.39, 0.29) is 11.5 Å². The Morgan fingerprint density at radius 1 is 1.28 bits per heavy atom. The Balaban J connectivity index is 2.33. The van der Waals surface area contributed by atoms with E-state index in [1.165, 1.54) is 24.3 Å². The van der Waals surface area contributed by atoms with Gasteiger partial charge in [-0.2, -0.15) is 13.3 Å². The standard InChI is InChI=1S/C18H18F2N2O2S/c1-3-21-17(25)15(22-10-4-5-12(2)11-22)16(23)13-6-8-14(9-7-13)24-18(19)20/h4-11,15,18H,3H2,1-2H3/p+1. The number of carbonyl (C=O) groups excluding carboxylic acids is 1. The third-order valence-electron chi connectivity index (χ3n) is 3.48. The van der Waals surface area contributed by atoms with Crippen LogP contribution in [0.5, 0.6) is 5.75 Å². The number of carbonyl (C=O) groups is 1. The van der Waals surface area contributed by atoms with Crippen LogP contribution in [0.1, 0.15) is 28.9 Å². The molecule has 2 rings (SSSR count). The fraction of sp³-hybridized carbons (Fsp3) is 0.278. The van der Waals surface area contributed by atoms with E-state index in [9.17, 15) is 13.6 Å². The molecule has 0 spiro atoms. The number of nitrogens with one attached hydrogen (secondary N) is 1. The minimum atomic E-state index is -2.90. The smallest absolute Gasteiger partial charge is 0.387 e. The van der Waals surface area contributed by atoms with Crippen LogP contribution in [-0.4, -0.2) is 23.9 Å². The molecule has 0 saturated heterocycles. The summed E-state index contributed by atoms with van der Waals surface area (Å²) in [6.07, 6.45) is 3.61. The predicted octanol–water partition coefficient (Wildman–Crippen LogP) is 3.24. The van der Waals surface area contributed by atoms with E-state index in [2.05, 4.69) is 10.1 Å². The lowest BCUT2D eigenvalue weighted by atomic mass is 10.0. The summed E-state index contributed by atoms with van der Waals surface area (Å²) in [6, 6.07) is 8.64. The van der Waals surface area contributed by atoms with Crippen LogP contribution in [0.25, 0.3) is 0 Å². The molecule has 1 aromatic carbocycles. The van der Waals surface area contributed by atoms with E-state index in [1.54, 1.807) is 10.8 Å². The van der Waals surface area contributed by atoms with Crippen LogP contribution in [0.2, 0.25) is 0 Å². The first-order valence-electron chi connectivity index (χ1n) is 7.76. The highest BCUT2D eigenvalue weighted by Gasteiger charge is 2.33. The van der Waals surface area contributed by atoms with Gasteiger partial charge in [-0.15, -0.1) is 0 Å². The van der Waals surface area contributed by atoms with Crippen molar-refractivity contribution >= 4 is 23.0 Å². The van der Waals surface area contributed by atoms with Crippen molar-refractivity contribution in [3.05, 3.63) is 59.9 Å². The van der Waals surface area contributed by atoms with Crippen molar-refractivity contribution in [1.82, 2.24) is 5.32 Å². The van der Waals surface area contributed by atoms with Crippen LogP contribution in [0, 0.1) is 6.92 Å². The maximum Gasteiger partial charge on any atom is 0.387 e. The summed E-state index contributed by atoms with van der Waals surface area (Å²) in [5.41, 5.74) is 1.35. The molecule has 0 aliphatic heterocycles. The van der Waals surface area contributed by atoms with E-state index >= 15 is 0 Å². The lowest BCUT2D eigenvalue weighted by Gasteiger charge is -2.14. The van der Waals surface area contributed by atoms with Gasteiger partial charge >= 0.3 is 6.61 Å². The molecule has 0 radical (unpaired) electrons. The number of halogens is 2. The number of aryl methyl sites for hydroxylation is 1. The topological polar surface area (TPSA) is 42.2 Å². The Bertz CT molecular complexity index is 751. The SMILES string of the molecule is CCNC(=S)C(C(=O)c1ccc(OC(F)F)cc1)[n+]1cccc(C)c1. The molecule has 0 bridgehead atoms. The first-order chi connectivity index (χ1) is 11.9. The summed E-state index contributed by atoms with van der Waals surface area (Å²) in [4.78, 5) is 13.4. The molecule has 0 fully saturated rings. The number of ketones is 1. The monoisotopic (exact) mass is 365 g/mol. The lowest BCUT2D eigenvalue weighted by Crippen LogP contribution is -2.51. The minimum absolute atomic E-state index is 0.000526. The second kappa shape index (κ2) is 8.62. The zero-order chi connectivity index (χ0) is 18.4. The van der Waals surface area contributed by atoms with Crippen molar-refractivity contribution in [3.8, 4) is 5.75 Å². The van der Waals surface area contributed by atoms with Crippen molar-refractivity contribution < 1.29 is 22.9 Å². The number of Topliss-reactive ketones (excluding diaryl/α,β-unsaturated/α-hetero) is 1. The number of likely N-dealkylation sites (N-methyl/N-ethyl adjacent to an activating group) is 1. The molecule has 1 aromatic heterocycles. The number of thiocarbonyl (C=S) groups is 1. The van der Waals surface area contributed by atoms with Crippen molar-refractivity contribution in [2.45, 2.75) is 26.5 Å². The number of nitrogens with zero attached hydrogens (tertiary/aromatic N) is 1. The lowest BCUT2D eigenvalue weighted by molar-refractivity contribution is -0.692. The van der Waals surface area contributed by atoms with E-state index in [4.69, 9.17) is 12.2 Å². The van der Waals surface area contributed by atoms with Gasteiger partial charge in [0.25, 0.3) is 6.04 Å². The van der Waals surface area contributed by atoms with Gasteiger partial charge in [0.2, 0.25) is 5.78 Å². The van der Waals surface area contributed by atoms with Gasteiger partial charge in [0.1, 0.15) is 5.75 Å². The highest BCUT2D eigenvalue weighted by Crippen LogP contribution is 2.18. The third-order valence-corrected chi connectivity index (χ3v) is 3.85. The summed E-state index contributed by atoms with van der Waals surface area (Å²) in [6.45, 7) is 1.50. The van der Waals surface area contributed by atoms with Gasteiger partial charge in [0.05, 0.1) is 0 Å². The fourth-order valence-electron chi connectivity index (χ4n) is 2.40. The van der Waals surface area contributed by atoms with Gasteiger partial charge in [0, 0.05) is 23.7 Å². The molecule has 2 aromatic rings. The number of benzene rings is 1. The molecule has 1 unspecified atom stereocenters. The Morgan fingerprint density at radius 2 is 1.96 bits per heavy atom. The molecule has 0 saturated carbocycles. The molecule has 0 aliphatic rings. The van der Waals surface area contributed by atoms with Crippen LogP contribution in [0.3, 0.4) is 0 Å². The van der Waals surface area contributed by atoms with Gasteiger partial charge in [-0.25, -0.2) is 0 Å². The number of hydrogen-bond acceptors (Lipinski definition) is 3. The summed E-state index contributed by atoms with van der Waals surface area (Å²) in [5, 5.41) is 3.02. The van der Waals surface area contributed by atoms with E-state index in [1.807, 2.05) is 32.2 Å². The first kappa shape index (κ1) is 18.9. The predicted molar refractivity (Wildman–Crippen MR) is 94.1 cm³/mol. The van der Waals surface area contributed by atoms with Crippen LogP contribution >= 0.6 is 12.2 Å². The number of pyridine rings is 1. The highest BCUT2D eigenvalue weighted by atomic mass is 32.1. The fourth-order valence-corrected chi connectivity index (χ4v) is 2.77. The molecule has 132 valence electrons. The Labute approximate surface area is 150 Å². The highest BCUT2D eigenvalue weighted by molar-refractivity contribution is 7.80. The summed E-state index contributed by atoms with van der Waals surface area (Å²) >= 11 is 5.38. The Kier molecular flexibility index (Phi) is 6.52. The summed E-state index contributed by atoms with van der Waals surface area (Å²) < 4.78 is 30.5. The average molecular weight is 365 g/mol. The Morgan fingerprint density at radius 3 is 2.52 bits per heavy atom. The quantitative estimate of drug-likeness (QED) is 0.465. The van der Waals surface area contributed by atoms with Crippen molar-refractivity contribution in [3.63, 3.8) is 0 Å². The van der Waals surface area contributed by atoms with E-state index < -0.39 is 12.7 Å². The van der Waals surface area contributed by atoms with Gasteiger partial charge in [0.15, 0.2) is 17.4 Å². The normalized spacial score (nSPS) is 11.9. The van der Waals surface area contributed by atoms with Gasteiger partial charge in [-0.3, -0.25) is 4.79 Å². The maximum absolute atomic E-state index is 13.0. The molecule has 1 N–H and O–H groups in total. The zero-order valence-electron chi connectivity index (χ0n) is 13.9. The Hall–Kier alpha value is -2.41. The molecule has 25 heavy (non-hydrogen) atoms. The van der Waals surface area contributed by atoms with Gasteiger partial charge < -0.3 is 10.1 Å². The van der Waals surface area contributed by atoms with E-state index in [0.717, 1.165) is 5.56 Å².